The molecule has 0 spiro atoms. The van der Waals surface area contributed by atoms with E-state index in [0.717, 1.165) is 25.5 Å². The van der Waals surface area contributed by atoms with E-state index in [2.05, 4.69) is 15.9 Å². The van der Waals surface area contributed by atoms with Gasteiger partial charge in [-0.15, -0.1) is 11.3 Å². The number of carbonyl (C=O) groups excluding carboxylic acids is 1. The van der Waals surface area contributed by atoms with Crippen LogP contribution in [-0.4, -0.2) is 12.9 Å². The molecule has 0 saturated carbocycles. The summed E-state index contributed by atoms with van der Waals surface area (Å²) in [4.78, 5) is 13.8. The van der Waals surface area contributed by atoms with Gasteiger partial charge in [0, 0.05) is 4.88 Å². The van der Waals surface area contributed by atoms with Gasteiger partial charge in [0.05, 0.1) is 16.5 Å². The van der Waals surface area contributed by atoms with Crippen molar-refractivity contribution in [2.75, 3.05) is 7.11 Å². The topological polar surface area (TPSA) is 26.3 Å². The number of hydrogen-bond acceptors (Lipinski definition) is 3. The number of ketones is 1. The first kappa shape index (κ1) is 14.0. The van der Waals surface area contributed by atoms with E-state index in [1.165, 1.54) is 11.3 Å². The van der Waals surface area contributed by atoms with Crippen molar-refractivity contribution in [1.82, 2.24) is 0 Å². The van der Waals surface area contributed by atoms with Crippen LogP contribution < -0.4 is 4.74 Å². The van der Waals surface area contributed by atoms with Gasteiger partial charge in [0.25, 0.3) is 0 Å². The highest BCUT2D eigenvalue weighted by atomic mass is 79.9. The number of aryl methyl sites for hydroxylation is 1. The lowest BCUT2D eigenvalue weighted by atomic mass is 10.2. The van der Waals surface area contributed by atoms with Gasteiger partial charge in [-0.2, -0.15) is 0 Å². The monoisotopic (exact) mass is 336 g/mol. The Hall–Kier alpha value is -1.39. The number of benzene rings is 1. The van der Waals surface area contributed by atoms with Crippen LogP contribution in [0.4, 0.5) is 0 Å². The van der Waals surface area contributed by atoms with E-state index in [9.17, 15) is 4.79 Å². The maximum Gasteiger partial charge on any atom is 0.195 e. The largest absolute Gasteiger partial charge is 0.496 e. The van der Waals surface area contributed by atoms with Crippen molar-refractivity contribution in [3.8, 4) is 5.75 Å². The first-order chi connectivity index (χ1) is 9.10. The molecular weight excluding hydrogens is 324 g/mol. The second kappa shape index (κ2) is 6.17. The Morgan fingerprint density at radius 2 is 2.11 bits per heavy atom. The van der Waals surface area contributed by atoms with Crippen molar-refractivity contribution in [3.63, 3.8) is 0 Å². The van der Waals surface area contributed by atoms with Gasteiger partial charge in [-0.1, -0.05) is 12.1 Å². The molecule has 0 atom stereocenters. The Balaban J connectivity index is 2.14. The van der Waals surface area contributed by atoms with Crippen LogP contribution in [0.3, 0.4) is 0 Å². The van der Waals surface area contributed by atoms with Crippen molar-refractivity contribution >= 4 is 39.1 Å². The third kappa shape index (κ3) is 3.55. The summed E-state index contributed by atoms with van der Waals surface area (Å²) in [6.07, 6.45) is 3.40. The molecule has 1 heterocycles. The Morgan fingerprint density at radius 1 is 1.32 bits per heavy atom. The van der Waals surface area contributed by atoms with Crippen molar-refractivity contribution in [2.24, 2.45) is 0 Å². The molecule has 1 aromatic heterocycles. The average molecular weight is 337 g/mol. The van der Waals surface area contributed by atoms with E-state index in [0.29, 0.717) is 0 Å². The summed E-state index contributed by atoms with van der Waals surface area (Å²) in [6.45, 7) is 1.99. The van der Waals surface area contributed by atoms with Crippen LogP contribution in [0.1, 0.15) is 20.1 Å². The number of rotatable bonds is 4. The van der Waals surface area contributed by atoms with Gasteiger partial charge in [-0.3, -0.25) is 4.79 Å². The van der Waals surface area contributed by atoms with Gasteiger partial charge in [-0.25, -0.2) is 0 Å². The highest BCUT2D eigenvalue weighted by molar-refractivity contribution is 9.10. The molecule has 0 unspecified atom stereocenters. The van der Waals surface area contributed by atoms with Crippen molar-refractivity contribution in [1.29, 1.82) is 0 Å². The lowest BCUT2D eigenvalue weighted by Crippen LogP contribution is -1.89. The molecule has 0 N–H and O–H groups in total. The predicted octanol–water partition coefficient (Wildman–Crippen LogP) is 4.72. The molecule has 0 radical (unpaired) electrons. The van der Waals surface area contributed by atoms with Gasteiger partial charge < -0.3 is 4.74 Å². The summed E-state index contributed by atoms with van der Waals surface area (Å²) >= 11 is 4.93. The fourth-order valence-electron chi connectivity index (χ4n) is 1.61. The fraction of sp³-hybridized carbons (Fsp3) is 0.133. The summed E-state index contributed by atoms with van der Waals surface area (Å²) in [5.41, 5.74) is 0.953. The van der Waals surface area contributed by atoms with E-state index in [1.54, 1.807) is 13.2 Å². The molecule has 98 valence electrons. The average Bonchev–Trinajstić information content (AvgIpc) is 2.83. The molecule has 2 rings (SSSR count). The molecule has 4 heteroatoms. The Labute approximate surface area is 124 Å². The molecule has 0 aliphatic heterocycles. The SMILES string of the molecule is COc1ccc(/C=C/C(=O)c2ccc(C)s2)cc1Br. The lowest BCUT2D eigenvalue weighted by Gasteiger charge is -2.03. The molecule has 0 bridgehead atoms. The van der Waals surface area contributed by atoms with Gasteiger partial charge in [0.1, 0.15) is 5.75 Å². The minimum Gasteiger partial charge on any atom is -0.496 e. The van der Waals surface area contributed by atoms with E-state index < -0.39 is 0 Å². The smallest absolute Gasteiger partial charge is 0.195 e. The first-order valence-corrected chi connectivity index (χ1v) is 7.33. The van der Waals surface area contributed by atoms with Gasteiger partial charge in [-0.05, 0) is 58.8 Å². The minimum atomic E-state index is 0.0324. The number of hydrogen-bond donors (Lipinski definition) is 0. The molecule has 0 aliphatic carbocycles. The summed E-state index contributed by atoms with van der Waals surface area (Å²) in [5.74, 6) is 0.808. The molecule has 0 fully saturated rings. The van der Waals surface area contributed by atoms with Gasteiger partial charge in [0.2, 0.25) is 0 Å². The molecule has 0 aliphatic rings. The highest BCUT2D eigenvalue weighted by Gasteiger charge is 2.04. The second-order valence-corrected chi connectivity index (χ2v) is 6.14. The summed E-state index contributed by atoms with van der Waals surface area (Å²) in [7, 11) is 1.62. The van der Waals surface area contributed by atoms with Gasteiger partial charge >= 0.3 is 0 Å². The number of ether oxygens (including phenoxy) is 1. The first-order valence-electron chi connectivity index (χ1n) is 5.72. The zero-order valence-corrected chi connectivity index (χ0v) is 13.0. The van der Waals surface area contributed by atoms with Crippen molar-refractivity contribution < 1.29 is 9.53 Å². The molecule has 2 nitrogen and oxygen atoms in total. The number of halogens is 1. The molecule has 0 saturated heterocycles. The maximum atomic E-state index is 11.9. The quantitative estimate of drug-likeness (QED) is 0.596. The lowest BCUT2D eigenvalue weighted by molar-refractivity contribution is 0.105. The maximum absolute atomic E-state index is 11.9. The normalized spacial score (nSPS) is 10.9. The van der Waals surface area contributed by atoms with E-state index in [1.807, 2.05) is 43.3 Å². The van der Waals surface area contributed by atoms with Crippen LogP contribution in [0.15, 0.2) is 40.9 Å². The van der Waals surface area contributed by atoms with Crippen molar-refractivity contribution in [2.45, 2.75) is 6.92 Å². The molecular formula is C15H13BrO2S. The van der Waals surface area contributed by atoms with Crippen LogP contribution in [-0.2, 0) is 0 Å². The minimum absolute atomic E-state index is 0.0324. The van der Waals surface area contributed by atoms with Crippen LogP contribution in [0.5, 0.6) is 5.75 Å². The van der Waals surface area contributed by atoms with E-state index >= 15 is 0 Å². The molecule has 0 amide bonds. The Kier molecular flexibility index (Phi) is 4.56. The molecule has 2 aromatic rings. The zero-order chi connectivity index (χ0) is 13.8. The second-order valence-electron chi connectivity index (χ2n) is 4.00. The Bertz CT molecular complexity index is 629. The van der Waals surface area contributed by atoms with Gasteiger partial charge in [0.15, 0.2) is 5.78 Å². The molecule has 19 heavy (non-hydrogen) atoms. The summed E-state index contributed by atoms with van der Waals surface area (Å²) < 4.78 is 6.03. The predicted molar refractivity (Wildman–Crippen MR) is 83.1 cm³/mol. The Morgan fingerprint density at radius 3 is 2.68 bits per heavy atom. The number of allylic oxidation sites excluding steroid dienone is 1. The standard InChI is InChI=1S/C15H13BrO2S/c1-10-3-8-15(19-10)13(17)6-4-11-5-7-14(18-2)12(16)9-11/h3-9H,1-2H3/b6-4+. The van der Waals surface area contributed by atoms with Crippen LogP contribution >= 0.6 is 27.3 Å². The fourth-order valence-corrected chi connectivity index (χ4v) is 2.95. The summed E-state index contributed by atoms with van der Waals surface area (Å²) in [5, 5.41) is 0. The zero-order valence-electron chi connectivity index (χ0n) is 10.6. The third-order valence-corrected chi connectivity index (χ3v) is 4.22. The van der Waals surface area contributed by atoms with E-state index in [4.69, 9.17) is 4.74 Å². The number of thiophene rings is 1. The number of methoxy groups -OCH3 is 1. The van der Waals surface area contributed by atoms with E-state index in [-0.39, 0.29) is 5.78 Å². The number of carbonyl (C=O) groups is 1. The highest BCUT2D eigenvalue weighted by Crippen LogP contribution is 2.26. The van der Waals surface area contributed by atoms with Crippen LogP contribution in [0.2, 0.25) is 0 Å². The molecule has 1 aromatic carbocycles. The van der Waals surface area contributed by atoms with Crippen LogP contribution in [0.25, 0.3) is 6.08 Å². The third-order valence-electron chi connectivity index (χ3n) is 2.59. The van der Waals surface area contributed by atoms with Crippen molar-refractivity contribution in [3.05, 3.63) is 56.2 Å². The van der Waals surface area contributed by atoms with Crippen LogP contribution in [0, 0.1) is 6.92 Å². The summed E-state index contributed by atoms with van der Waals surface area (Å²) in [6, 6.07) is 9.51.